The van der Waals surface area contributed by atoms with Crippen LogP contribution in [-0.2, 0) is 24.1 Å². The van der Waals surface area contributed by atoms with E-state index in [1.165, 1.54) is 18.7 Å². The summed E-state index contributed by atoms with van der Waals surface area (Å²) in [6.07, 6.45) is 1.74. The van der Waals surface area contributed by atoms with Crippen molar-refractivity contribution in [3.05, 3.63) is 88.3 Å². The monoisotopic (exact) mass is 499 g/mol. The van der Waals surface area contributed by atoms with E-state index in [0.29, 0.717) is 5.75 Å². The molecule has 0 N–H and O–H groups in total. The first-order valence-electron chi connectivity index (χ1n) is 12.8. The third-order valence-electron chi connectivity index (χ3n) is 6.97. The number of hydrogen-bond donors (Lipinski definition) is 0. The van der Waals surface area contributed by atoms with E-state index < -0.39 is 0 Å². The molecule has 1 fully saturated rings. The van der Waals surface area contributed by atoms with Crippen LogP contribution in [0.1, 0.15) is 11.4 Å². The Hall–Kier alpha value is -3.68. The fourth-order valence-electron chi connectivity index (χ4n) is 4.83. The second-order valence-corrected chi connectivity index (χ2v) is 9.24. The van der Waals surface area contributed by atoms with Crippen LogP contribution in [0.5, 0.6) is 11.5 Å². The maximum Gasteiger partial charge on any atom is 0.220 e. The van der Waals surface area contributed by atoms with Crippen LogP contribution in [0.25, 0.3) is 22.2 Å². The number of hydrogen-bond acceptors (Lipinski definition) is 6. The summed E-state index contributed by atoms with van der Waals surface area (Å²) in [6, 6.07) is 21.6. The Morgan fingerprint density at radius 3 is 2.41 bits per heavy atom. The molecular weight excluding hydrogens is 466 g/mol. The Balaban J connectivity index is 1.46. The Bertz CT molecular complexity index is 1410. The van der Waals surface area contributed by atoms with Crippen LogP contribution in [0.2, 0.25) is 0 Å². The van der Waals surface area contributed by atoms with Crippen molar-refractivity contribution >= 4 is 11.0 Å². The zero-order valence-corrected chi connectivity index (χ0v) is 21.5. The molecule has 1 aliphatic heterocycles. The molecule has 0 atom stereocenters. The zero-order valence-electron chi connectivity index (χ0n) is 21.5. The van der Waals surface area contributed by atoms with Gasteiger partial charge in [-0.25, -0.2) is 4.98 Å². The number of fused-ring (bicyclic) bond motifs is 1. The molecule has 2 heterocycles. The van der Waals surface area contributed by atoms with Gasteiger partial charge in [-0.1, -0.05) is 30.3 Å². The number of ether oxygens (including phenoxy) is 3. The fraction of sp³-hybridized carbons (Fsp3) is 0.333. The van der Waals surface area contributed by atoms with Gasteiger partial charge in [-0.3, -0.25) is 9.69 Å². The molecule has 0 radical (unpaired) electrons. The van der Waals surface area contributed by atoms with Crippen LogP contribution < -0.4 is 14.9 Å². The molecule has 5 rings (SSSR count). The fourth-order valence-corrected chi connectivity index (χ4v) is 4.83. The largest absolute Gasteiger partial charge is 0.497 e. The molecule has 1 aliphatic rings. The Morgan fingerprint density at radius 2 is 1.65 bits per heavy atom. The molecule has 3 aromatic carbocycles. The minimum absolute atomic E-state index is 0.136. The van der Waals surface area contributed by atoms with Gasteiger partial charge < -0.3 is 18.8 Å². The highest BCUT2D eigenvalue weighted by Gasteiger charge is 2.15. The lowest BCUT2D eigenvalue weighted by Gasteiger charge is -2.27. The van der Waals surface area contributed by atoms with Gasteiger partial charge in [-0.15, -0.1) is 0 Å². The van der Waals surface area contributed by atoms with E-state index in [9.17, 15) is 4.79 Å². The number of morpholine rings is 1. The number of nitrogens with zero attached hydrogens (tertiary/aromatic N) is 3. The van der Waals surface area contributed by atoms with Gasteiger partial charge in [-0.05, 0) is 59.5 Å². The van der Waals surface area contributed by atoms with Crippen LogP contribution in [0.3, 0.4) is 0 Å². The minimum atomic E-state index is -0.136. The summed E-state index contributed by atoms with van der Waals surface area (Å²) in [5.74, 6) is 2.27. The van der Waals surface area contributed by atoms with Gasteiger partial charge in [-0.2, -0.15) is 0 Å². The molecule has 192 valence electrons. The van der Waals surface area contributed by atoms with E-state index in [1.54, 1.807) is 19.2 Å². The Labute approximate surface area is 217 Å². The van der Waals surface area contributed by atoms with Gasteiger partial charge in [0.25, 0.3) is 0 Å². The van der Waals surface area contributed by atoms with Crippen molar-refractivity contribution in [3.63, 3.8) is 0 Å². The molecule has 7 nitrogen and oxygen atoms in total. The average molecular weight is 500 g/mol. The summed E-state index contributed by atoms with van der Waals surface area (Å²) in [6.45, 7) is 5.35. The third-order valence-corrected chi connectivity index (χ3v) is 6.97. The molecule has 0 amide bonds. The molecule has 0 unspecified atom stereocenters. The summed E-state index contributed by atoms with van der Waals surface area (Å²) in [5, 5.41) is 0. The third kappa shape index (κ3) is 5.84. The van der Waals surface area contributed by atoms with Gasteiger partial charge in [0.15, 0.2) is 5.75 Å². The van der Waals surface area contributed by atoms with Crippen LogP contribution in [0.15, 0.2) is 71.5 Å². The predicted octanol–water partition coefficient (Wildman–Crippen LogP) is 4.20. The number of aromatic nitrogens is 2. The van der Waals surface area contributed by atoms with E-state index in [4.69, 9.17) is 19.2 Å². The predicted molar refractivity (Wildman–Crippen MR) is 146 cm³/mol. The highest BCUT2D eigenvalue weighted by Crippen LogP contribution is 2.27. The molecule has 1 saturated heterocycles. The van der Waals surface area contributed by atoms with Crippen molar-refractivity contribution in [1.82, 2.24) is 14.5 Å². The molecular formula is C30H33N3O4. The lowest BCUT2D eigenvalue weighted by molar-refractivity contribution is 0.0364. The van der Waals surface area contributed by atoms with Crippen LogP contribution in [0, 0.1) is 0 Å². The highest BCUT2D eigenvalue weighted by atomic mass is 16.5. The molecule has 0 bridgehead atoms. The first-order valence-corrected chi connectivity index (χ1v) is 12.8. The van der Waals surface area contributed by atoms with Crippen LogP contribution >= 0.6 is 0 Å². The topological polar surface area (TPSA) is 65.8 Å². The van der Waals surface area contributed by atoms with E-state index in [0.717, 1.165) is 86.0 Å². The first kappa shape index (κ1) is 25.0. The van der Waals surface area contributed by atoms with Gasteiger partial charge in [0, 0.05) is 32.6 Å². The number of rotatable bonds is 9. The SMILES string of the molecule is COc1ccc(CCc2nc3cc(-c4cccc(=O)c(OC)c4)ccc3n2CCN2CCOCC2)cc1. The molecule has 0 spiro atoms. The van der Waals surface area contributed by atoms with Gasteiger partial charge in [0.1, 0.15) is 11.6 Å². The van der Waals surface area contributed by atoms with Crippen LogP contribution in [0.4, 0.5) is 0 Å². The summed E-state index contributed by atoms with van der Waals surface area (Å²) in [5.41, 5.74) is 5.12. The lowest BCUT2D eigenvalue weighted by Crippen LogP contribution is -2.38. The number of benzene rings is 2. The van der Waals surface area contributed by atoms with Gasteiger partial charge in [0.2, 0.25) is 5.43 Å². The van der Waals surface area contributed by atoms with E-state index >= 15 is 0 Å². The maximum atomic E-state index is 12.2. The second kappa shape index (κ2) is 11.6. The van der Waals surface area contributed by atoms with Crippen molar-refractivity contribution in [1.29, 1.82) is 0 Å². The van der Waals surface area contributed by atoms with E-state index in [2.05, 4.69) is 39.8 Å². The van der Waals surface area contributed by atoms with Crippen LogP contribution in [-0.4, -0.2) is 61.5 Å². The number of methoxy groups -OCH3 is 2. The second-order valence-electron chi connectivity index (χ2n) is 9.24. The van der Waals surface area contributed by atoms with Crippen molar-refractivity contribution in [2.75, 3.05) is 47.1 Å². The minimum Gasteiger partial charge on any atom is -0.497 e. The Morgan fingerprint density at radius 1 is 0.865 bits per heavy atom. The van der Waals surface area contributed by atoms with E-state index in [-0.39, 0.29) is 5.43 Å². The van der Waals surface area contributed by atoms with Gasteiger partial charge >= 0.3 is 0 Å². The highest BCUT2D eigenvalue weighted by molar-refractivity contribution is 5.83. The average Bonchev–Trinajstić information content (AvgIpc) is 3.17. The molecule has 0 saturated carbocycles. The summed E-state index contributed by atoms with van der Waals surface area (Å²) >= 11 is 0. The summed E-state index contributed by atoms with van der Waals surface area (Å²) in [7, 11) is 3.21. The van der Waals surface area contributed by atoms with Crippen molar-refractivity contribution in [3.8, 4) is 22.6 Å². The smallest absolute Gasteiger partial charge is 0.220 e. The maximum absolute atomic E-state index is 12.2. The van der Waals surface area contributed by atoms with Crippen molar-refractivity contribution < 1.29 is 14.2 Å². The van der Waals surface area contributed by atoms with Crippen molar-refractivity contribution in [2.45, 2.75) is 19.4 Å². The number of aryl methyl sites for hydroxylation is 2. The molecule has 0 aliphatic carbocycles. The lowest BCUT2D eigenvalue weighted by atomic mass is 10.1. The summed E-state index contributed by atoms with van der Waals surface area (Å²) in [4.78, 5) is 19.7. The molecule has 37 heavy (non-hydrogen) atoms. The first-order chi connectivity index (χ1) is 18.1. The standard InChI is InChI=1S/C30H33N3O4/c1-35-25-10-6-22(7-11-25)8-13-30-31-26-20-24(23-4-3-5-28(34)29(21-23)36-2)9-12-27(26)33(30)15-14-32-16-18-37-19-17-32/h3-7,9-12,20-21H,8,13-19H2,1-2H3. The Kier molecular flexibility index (Phi) is 7.82. The molecule has 7 heteroatoms. The van der Waals surface area contributed by atoms with E-state index in [1.807, 2.05) is 18.2 Å². The zero-order chi connectivity index (χ0) is 25.6. The van der Waals surface area contributed by atoms with Crippen molar-refractivity contribution in [2.24, 2.45) is 0 Å². The van der Waals surface area contributed by atoms with Gasteiger partial charge in [0.05, 0.1) is 38.5 Å². The quantitative estimate of drug-likeness (QED) is 0.344. The molecule has 4 aromatic rings. The number of imidazole rings is 1. The normalized spacial score (nSPS) is 14.1. The summed E-state index contributed by atoms with van der Waals surface area (Å²) < 4.78 is 18.5. The molecule has 1 aromatic heterocycles.